The fourth-order valence-corrected chi connectivity index (χ4v) is 2.90. The minimum absolute atomic E-state index is 0.202. The normalized spacial score (nSPS) is 10.9. The predicted molar refractivity (Wildman–Crippen MR) is 107 cm³/mol. The number of hydrogen-bond donors (Lipinski definition) is 1. The molecule has 0 radical (unpaired) electrons. The summed E-state index contributed by atoms with van der Waals surface area (Å²) >= 11 is 0. The number of amides is 1. The zero-order valence-corrected chi connectivity index (χ0v) is 17.0. The highest BCUT2D eigenvalue weighted by Crippen LogP contribution is 2.21. The molecule has 1 amide bonds. The van der Waals surface area contributed by atoms with Gasteiger partial charge in [-0.25, -0.2) is 4.68 Å². The number of carbonyl (C=O) groups excluding carboxylic acids is 1. The van der Waals surface area contributed by atoms with Crippen molar-refractivity contribution in [1.29, 1.82) is 0 Å². The number of rotatable bonds is 7. The third kappa shape index (κ3) is 4.24. The monoisotopic (exact) mass is 382 g/mol. The summed E-state index contributed by atoms with van der Waals surface area (Å²) in [6, 6.07) is 7.74. The van der Waals surface area contributed by atoms with Crippen LogP contribution in [0.5, 0.6) is 5.75 Å². The average molecular weight is 382 g/mol. The van der Waals surface area contributed by atoms with E-state index in [-0.39, 0.29) is 18.2 Å². The zero-order chi connectivity index (χ0) is 20.3. The molecule has 0 saturated heterocycles. The first-order valence-corrected chi connectivity index (χ1v) is 9.40. The van der Waals surface area contributed by atoms with Crippen molar-refractivity contribution < 1.29 is 14.1 Å². The van der Waals surface area contributed by atoms with Crippen LogP contribution >= 0.6 is 0 Å². The van der Waals surface area contributed by atoms with Gasteiger partial charge in [-0.05, 0) is 57.4 Å². The lowest BCUT2D eigenvalue weighted by atomic mass is 10.1. The summed E-state index contributed by atoms with van der Waals surface area (Å²) in [6.07, 6.45) is 0.919. The van der Waals surface area contributed by atoms with Crippen LogP contribution in [0.15, 0.2) is 28.8 Å². The van der Waals surface area contributed by atoms with Gasteiger partial charge in [0.1, 0.15) is 23.9 Å². The lowest BCUT2D eigenvalue weighted by Gasteiger charge is -2.09. The molecule has 2 heterocycles. The van der Waals surface area contributed by atoms with Gasteiger partial charge in [0, 0.05) is 12.6 Å². The highest BCUT2D eigenvalue weighted by molar-refractivity contribution is 6.03. The van der Waals surface area contributed by atoms with Gasteiger partial charge < -0.3 is 14.6 Å². The fourth-order valence-electron chi connectivity index (χ4n) is 2.90. The van der Waals surface area contributed by atoms with Crippen LogP contribution in [0, 0.1) is 27.7 Å². The summed E-state index contributed by atoms with van der Waals surface area (Å²) in [7, 11) is 0. The van der Waals surface area contributed by atoms with E-state index in [9.17, 15) is 4.79 Å². The van der Waals surface area contributed by atoms with E-state index in [0.29, 0.717) is 17.1 Å². The minimum Gasteiger partial charge on any atom is -0.489 e. The maximum Gasteiger partial charge on any atom is 0.279 e. The highest BCUT2D eigenvalue weighted by atomic mass is 16.5. The van der Waals surface area contributed by atoms with Crippen LogP contribution in [0.2, 0.25) is 0 Å². The summed E-state index contributed by atoms with van der Waals surface area (Å²) < 4.78 is 12.9. The van der Waals surface area contributed by atoms with Crippen LogP contribution in [0.3, 0.4) is 0 Å². The number of anilines is 1. The maximum absolute atomic E-state index is 12.8. The van der Waals surface area contributed by atoms with E-state index in [0.717, 1.165) is 30.0 Å². The first-order valence-electron chi connectivity index (χ1n) is 9.40. The Bertz CT molecular complexity index is 988. The van der Waals surface area contributed by atoms with Crippen molar-refractivity contribution in [3.8, 4) is 5.75 Å². The second kappa shape index (κ2) is 8.29. The summed E-state index contributed by atoms with van der Waals surface area (Å²) in [4.78, 5) is 12.8. The van der Waals surface area contributed by atoms with Gasteiger partial charge in [-0.15, -0.1) is 0 Å². The third-order valence-corrected chi connectivity index (χ3v) is 4.64. The van der Waals surface area contributed by atoms with E-state index in [1.54, 1.807) is 11.6 Å². The standard InChI is InChI=1S/C21H26N4O3/c1-6-9-25-19(11-15(4)23-25)22-21(26)20-18(16(5)28-24-20)12-27-17-8-7-13(2)14(3)10-17/h7-8,10-11H,6,9,12H2,1-5H3,(H,22,26). The molecule has 2 aromatic heterocycles. The van der Waals surface area contributed by atoms with Crippen molar-refractivity contribution in [3.05, 3.63) is 58.1 Å². The smallest absolute Gasteiger partial charge is 0.279 e. The molecule has 0 bridgehead atoms. The molecule has 148 valence electrons. The zero-order valence-electron chi connectivity index (χ0n) is 17.0. The molecule has 7 nitrogen and oxygen atoms in total. The number of carbonyl (C=O) groups is 1. The molecular formula is C21H26N4O3. The Balaban J connectivity index is 1.76. The molecule has 0 spiro atoms. The summed E-state index contributed by atoms with van der Waals surface area (Å²) in [5.74, 6) is 1.61. The molecule has 0 unspecified atom stereocenters. The lowest BCUT2D eigenvalue weighted by Crippen LogP contribution is -2.18. The largest absolute Gasteiger partial charge is 0.489 e. The van der Waals surface area contributed by atoms with E-state index in [2.05, 4.69) is 29.4 Å². The van der Waals surface area contributed by atoms with Crippen LogP contribution < -0.4 is 10.1 Å². The Hall–Kier alpha value is -3.09. The second-order valence-corrected chi connectivity index (χ2v) is 6.95. The third-order valence-electron chi connectivity index (χ3n) is 4.64. The molecule has 0 fully saturated rings. The van der Waals surface area contributed by atoms with Gasteiger partial charge in [0.25, 0.3) is 5.91 Å². The molecule has 7 heteroatoms. The summed E-state index contributed by atoms with van der Waals surface area (Å²) in [5.41, 5.74) is 4.06. The number of benzene rings is 1. The summed E-state index contributed by atoms with van der Waals surface area (Å²) in [6.45, 7) is 10.7. The molecule has 0 saturated carbocycles. The Kier molecular flexibility index (Phi) is 5.82. The van der Waals surface area contributed by atoms with Crippen LogP contribution in [0.1, 0.15) is 52.0 Å². The fraction of sp³-hybridized carbons (Fsp3) is 0.381. The van der Waals surface area contributed by atoms with E-state index in [1.165, 1.54) is 5.56 Å². The second-order valence-electron chi connectivity index (χ2n) is 6.95. The molecule has 0 aliphatic rings. The van der Waals surface area contributed by atoms with Crippen molar-refractivity contribution in [2.45, 2.75) is 54.2 Å². The molecule has 28 heavy (non-hydrogen) atoms. The van der Waals surface area contributed by atoms with Gasteiger partial charge >= 0.3 is 0 Å². The predicted octanol–water partition coefficient (Wildman–Crippen LogP) is 4.35. The van der Waals surface area contributed by atoms with Crippen LogP contribution in [-0.2, 0) is 13.2 Å². The quantitative estimate of drug-likeness (QED) is 0.657. The molecule has 3 rings (SSSR count). The Morgan fingerprint density at radius 3 is 2.68 bits per heavy atom. The Morgan fingerprint density at radius 2 is 1.96 bits per heavy atom. The van der Waals surface area contributed by atoms with Crippen LogP contribution in [0.25, 0.3) is 0 Å². The van der Waals surface area contributed by atoms with Crippen LogP contribution in [-0.4, -0.2) is 20.8 Å². The van der Waals surface area contributed by atoms with Crippen molar-refractivity contribution >= 4 is 11.7 Å². The lowest BCUT2D eigenvalue weighted by molar-refractivity contribution is 0.101. The van der Waals surface area contributed by atoms with E-state index in [4.69, 9.17) is 9.26 Å². The minimum atomic E-state index is -0.340. The number of ether oxygens (including phenoxy) is 1. The SMILES string of the molecule is CCCn1nc(C)cc1NC(=O)c1noc(C)c1COc1ccc(C)c(C)c1. The molecule has 0 aliphatic carbocycles. The number of nitrogens with zero attached hydrogens (tertiary/aromatic N) is 3. The van der Waals surface area contributed by atoms with Gasteiger partial charge in [0.15, 0.2) is 5.69 Å². The van der Waals surface area contributed by atoms with Gasteiger partial charge in [-0.1, -0.05) is 18.1 Å². The van der Waals surface area contributed by atoms with Crippen molar-refractivity contribution in [1.82, 2.24) is 14.9 Å². The number of hydrogen-bond acceptors (Lipinski definition) is 5. The summed E-state index contributed by atoms with van der Waals surface area (Å²) in [5, 5.41) is 11.2. The molecular weight excluding hydrogens is 356 g/mol. The van der Waals surface area contributed by atoms with Gasteiger partial charge in [-0.3, -0.25) is 4.79 Å². The van der Waals surface area contributed by atoms with Crippen LogP contribution in [0.4, 0.5) is 5.82 Å². The maximum atomic E-state index is 12.8. The first kappa shape index (κ1) is 19.7. The Labute approximate surface area is 164 Å². The number of aromatic nitrogens is 3. The van der Waals surface area contributed by atoms with Crippen molar-refractivity contribution in [2.75, 3.05) is 5.32 Å². The van der Waals surface area contributed by atoms with Gasteiger partial charge in [0.2, 0.25) is 0 Å². The Morgan fingerprint density at radius 1 is 1.18 bits per heavy atom. The first-order chi connectivity index (χ1) is 13.4. The molecule has 1 aromatic carbocycles. The van der Waals surface area contributed by atoms with Gasteiger partial charge in [-0.2, -0.15) is 5.10 Å². The van der Waals surface area contributed by atoms with Crippen molar-refractivity contribution in [3.63, 3.8) is 0 Å². The van der Waals surface area contributed by atoms with E-state index < -0.39 is 0 Å². The topological polar surface area (TPSA) is 82.2 Å². The number of nitrogens with one attached hydrogen (secondary N) is 1. The van der Waals surface area contributed by atoms with Crippen molar-refractivity contribution in [2.24, 2.45) is 0 Å². The number of aryl methyl sites for hydroxylation is 5. The average Bonchev–Trinajstić information content (AvgIpc) is 3.18. The van der Waals surface area contributed by atoms with E-state index in [1.807, 2.05) is 38.1 Å². The van der Waals surface area contributed by atoms with Gasteiger partial charge in [0.05, 0.1) is 11.3 Å². The molecule has 0 aliphatic heterocycles. The molecule has 1 N–H and O–H groups in total. The molecule has 3 aromatic rings. The van der Waals surface area contributed by atoms with E-state index >= 15 is 0 Å². The highest BCUT2D eigenvalue weighted by Gasteiger charge is 2.22. The molecule has 0 atom stereocenters.